The summed E-state index contributed by atoms with van der Waals surface area (Å²) in [5.41, 5.74) is 7.01. The quantitative estimate of drug-likeness (QED) is 0.744. The molecule has 0 unspecified atom stereocenters. The zero-order valence-electron chi connectivity index (χ0n) is 12.2. The molecule has 4 nitrogen and oxygen atoms in total. The summed E-state index contributed by atoms with van der Waals surface area (Å²) in [6.45, 7) is 4.07. The van der Waals surface area contributed by atoms with Crippen LogP contribution in [0.2, 0.25) is 0 Å². The van der Waals surface area contributed by atoms with Gasteiger partial charge in [0.2, 0.25) is 0 Å². The standard InChI is InChI=1S/C17H17N3O/c1-10-6-8-12(9-7-10)15-11(2)19-20-16(15)18-14-5-3-4-13(14)17(20)21/h6-9,19H,3-5H2,1-2H3. The van der Waals surface area contributed by atoms with E-state index in [2.05, 4.69) is 36.3 Å². The Balaban J connectivity index is 2.06. The van der Waals surface area contributed by atoms with E-state index in [0.29, 0.717) is 0 Å². The maximum Gasteiger partial charge on any atom is 0.276 e. The number of aromatic amines is 1. The largest absolute Gasteiger partial charge is 0.293 e. The summed E-state index contributed by atoms with van der Waals surface area (Å²) < 4.78 is 1.61. The van der Waals surface area contributed by atoms with Crippen LogP contribution in [0.3, 0.4) is 0 Å². The Hall–Kier alpha value is -2.36. The molecule has 4 rings (SSSR count). The van der Waals surface area contributed by atoms with Crippen LogP contribution in [-0.2, 0) is 12.8 Å². The van der Waals surface area contributed by atoms with Crippen LogP contribution in [0, 0.1) is 13.8 Å². The van der Waals surface area contributed by atoms with Crippen molar-refractivity contribution in [3.8, 4) is 11.1 Å². The molecule has 2 heterocycles. The molecule has 1 aliphatic rings. The Morgan fingerprint density at radius 1 is 1.14 bits per heavy atom. The highest BCUT2D eigenvalue weighted by atomic mass is 16.1. The van der Waals surface area contributed by atoms with E-state index in [-0.39, 0.29) is 5.56 Å². The van der Waals surface area contributed by atoms with Crippen LogP contribution in [0.4, 0.5) is 0 Å². The summed E-state index contributed by atoms with van der Waals surface area (Å²) in [6.07, 6.45) is 2.80. The zero-order valence-corrected chi connectivity index (χ0v) is 12.2. The first-order valence-electron chi connectivity index (χ1n) is 7.35. The lowest BCUT2D eigenvalue weighted by Gasteiger charge is -2.03. The van der Waals surface area contributed by atoms with E-state index < -0.39 is 0 Å². The highest BCUT2D eigenvalue weighted by Gasteiger charge is 2.21. The fourth-order valence-electron chi connectivity index (χ4n) is 3.22. The second-order valence-corrected chi connectivity index (χ2v) is 5.83. The van der Waals surface area contributed by atoms with Gasteiger partial charge < -0.3 is 0 Å². The molecule has 0 amide bonds. The second-order valence-electron chi connectivity index (χ2n) is 5.83. The van der Waals surface area contributed by atoms with Gasteiger partial charge in [-0.3, -0.25) is 9.89 Å². The summed E-state index contributed by atoms with van der Waals surface area (Å²) in [5.74, 6) is 0. The molecule has 0 spiro atoms. The van der Waals surface area contributed by atoms with Gasteiger partial charge in [0.05, 0.1) is 5.69 Å². The van der Waals surface area contributed by atoms with Gasteiger partial charge in [-0.05, 0) is 38.7 Å². The molecule has 4 heteroatoms. The highest BCUT2D eigenvalue weighted by Crippen LogP contribution is 2.28. The Kier molecular flexibility index (Phi) is 2.55. The third-order valence-electron chi connectivity index (χ3n) is 4.32. The minimum atomic E-state index is 0.0639. The van der Waals surface area contributed by atoms with Gasteiger partial charge in [-0.1, -0.05) is 29.8 Å². The molecule has 0 saturated carbocycles. The number of hydrogen-bond acceptors (Lipinski definition) is 2. The first-order valence-corrected chi connectivity index (χ1v) is 7.35. The zero-order chi connectivity index (χ0) is 14.6. The van der Waals surface area contributed by atoms with Gasteiger partial charge in [0.15, 0.2) is 5.65 Å². The van der Waals surface area contributed by atoms with Gasteiger partial charge in [-0.2, -0.15) is 0 Å². The van der Waals surface area contributed by atoms with Crippen molar-refractivity contribution in [2.75, 3.05) is 0 Å². The molecular weight excluding hydrogens is 262 g/mol. The second kappa shape index (κ2) is 4.32. The van der Waals surface area contributed by atoms with E-state index in [1.165, 1.54) is 5.56 Å². The fourth-order valence-corrected chi connectivity index (χ4v) is 3.22. The number of H-pyrrole nitrogens is 1. The topological polar surface area (TPSA) is 50.2 Å². The summed E-state index contributed by atoms with van der Waals surface area (Å²) in [7, 11) is 0. The van der Waals surface area contributed by atoms with Crippen molar-refractivity contribution >= 4 is 5.65 Å². The van der Waals surface area contributed by atoms with E-state index in [1.54, 1.807) is 4.52 Å². The van der Waals surface area contributed by atoms with E-state index in [0.717, 1.165) is 53.0 Å². The first kappa shape index (κ1) is 12.4. The number of nitrogens with one attached hydrogen (secondary N) is 1. The number of aryl methyl sites for hydroxylation is 3. The van der Waals surface area contributed by atoms with Crippen LogP contribution in [0.1, 0.15) is 28.9 Å². The minimum absolute atomic E-state index is 0.0639. The van der Waals surface area contributed by atoms with Crippen LogP contribution in [0.15, 0.2) is 29.1 Å². The maximum atomic E-state index is 12.6. The van der Waals surface area contributed by atoms with Crippen molar-refractivity contribution < 1.29 is 0 Å². The van der Waals surface area contributed by atoms with Gasteiger partial charge in [-0.25, -0.2) is 9.50 Å². The van der Waals surface area contributed by atoms with E-state index in [4.69, 9.17) is 4.98 Å². The molecule has 0 aliphatic heterocycles. The Morgan fingerprint density at radius 3 is 2.67 bits per heavy atom. The highest BCUT2D eigenvalue weighted by molar-refractivity contribution is 5.80. The van der Waals surface area contributed by atoms with Gasteiger partial charge in [0.25, 0.3) is 5.56 Å². The first-order chi connectivity index (χ1) is 10.1. The molecule has 0 fully saturated rings. The predicted molar refractivity (Wildman–Crippen MR) is 82.7 cm³/mol. The monoisotopic (exact) mass is 279 g/mol. The summed E-state index contributed by atoms with van der Waals surface area (Å²) in [4.78, 5) is 17.3. The number of rotatable bonds is 1. The molecule has 0 atom stereocenters. The van der Waals surface area contributed by atoms with Gasteiger partial charge >= 0.3 is 0 Å². The third-order valence-corrected chi connectivity index (χ3v) is 4.32. The Labute approximate surface area is 122 Å². The van der Waals surface area contributed by atoms with Crippen LogP contribution in [0.5, 0.6) is 0 Å². The van der Waals surface area contributed by atoms with Crippen molar-refractivity contribution in [3.05, 3.63) is 57.1 Å². The number of fused-ring (bicyclic) bond motifs is 2. The minimum Gasteiger partial charge on any atom is -0.293 e. The van der Waals surface area contributed by atoms with Crippen molar-refractivity contribution in [3.63, 3.8) is 0 Å². The molecule has 1 aromatic carbocycles. The molecule has 0 bridgehead atoms. The molecule has 106 valence electrons. The summed E-state index contributed by atoms with van der Waals surface area (Å²) in [5, 5.41) is 3.18. The lowest BCUT2D eigenvalue weighted by atomic mass is 10.0. The average Bonchev–Trinajstić information content (AvgIpc) is 3.05. The number of hydrogen-bond donors (Lipinski definition) is 1. The van der Waals surface area contributed by atoms with Gasteiger partial charge in [0.1, 0.15) is 0 Å². The fraction of sp³-hybridized carbons (Fsp3) is 0.294. The number of nitrogens with zero attached hydrogens (tertiary/aromatic N) is 2. The number of aromatic nitrogens is 3. The van der Waals surface area contributed by atoms with Crippen molar-refractivity contribution in [2.45, 2.75) is 33.1 Å². The molecular formula is C17H17N3O. The van der Waals surface area contributed by atoms with Gasteiger partial charge in [-0.15, -0.1) is 0 Å². The summed E-state index contributed by atoms with van der Waals surface area (Å²) >= 11 is 0. The molecule has 1 N–H and O–H groups in total. The Bertz CT molecular complexity index is 900. The van der Waals surface area contributed by atoms with Crippen LogP contribution in [0.25, 0.3) is 16.8 Å². The average molecular weight is 279 g/mol. The van der Waals surface area contributed by atoms with E-state index in [1.807, 2.05) is 6.92 Å². The van der Waals surface area contributed by atoms with Crippen molar-refractivity contribution in [1.29, 1.82) is 0 Å². The molecule has 3 aromatic rings. The van der Waals surface area contributed by atoms with Gasteiger partial charge in [0, 0.05) is 16.8 Å². The normalized spacial score (nSPS) is 13.8. The SMILES string of the molecule is Cc1ccc(-c2c(C)[nH]n3c(=O)c4c(nc23)CCC4)cc1. The molecule has 0 radical (unpaired) electrons. The van der Waals surface area contributed by atoms with Crippen molar-refractivity contribution in [2.24, 2.45) is 0 Å². The molecule has 1 aliphatic carbocycles. The predicted octanol–water partition coefficient (Wildman–Crippen LogP) is 2.80. The summed E-state index contributed by atoms with van der Waals surface area (Å²) in [6, 6.07) is 8.35. The Morgan fingerprint density at radius 2 is 1.90 bits per heavy atom. The lowest BCUT2D eigenvalue weighted by Crippen LogP contribution is -2.20. The third kappa shape index (κ3) is 1.75. The van der Waals surface area contributed by atoms with Crippen LogP contribution < -0.4 is 5.56 Å². The molecule has 21 heavy (non-hydrogen) atoms. The lowest BCUT2D eigenvalue weighted by molar-refractivity contribution is 0.856. The maximum absolute atomic E-state index is 12.6. The number of benzene rings is 1. The smallest absolute Gasteiger partial charge is 0.276 e. The molecule has 0 saturated heterocycles. The van der Waals surface area contributed by atoms with Crippen LogP contribution in [-0.4, -0.2) is 14.6 Å². The van der Waals surface area contributed by atoms with E-state index >= 15 is 0 Å². The van der Waals surface area contributed by atoms with Crippen LogP contribution >= 0.6 is 0 Å². The van der Waals surface area contributed by atoms with Crippen molar-refractivity contribution in [1.82, 2.24) is 14.6 Å². The van der Waals surface area contributed by atoms with E-state index in [9.17, 15) is 4.79 Å². The molecule has 2 aromatic heterocycles.